The van der Waals surface area contributed by atoms with Gasteiger partial charge in [0.2, 0.25) is 5.91 Å². The average molecular weight is 215 g/mol. The molecule has 0 unspecified atom stereocenters. The van der Waals surface area contributed by atoms with Crippen molar-refractivity contribution in [1.82, 2.24) is 5.32 Å². The zero-order valence-electron chi connectivity index (χ0n) is 7.56. The van der Waals surface area contributed by atoms with E-state index in [0.29, 0.717) is 0 Å². The molecule has 0 saturated carbocycles. The average Bonchev–Trinajstić information content (AvgIpc) is 2.00. The fourth-order valence-electron chi connectivity index (χ4n) is 0.692. The number of alkyl halides is 3. The maximum Gasteiger partial charge on any atom is 0.397 e. The van der Waals surface area contributed by atoms with Gasteiger partial charge in [-0.2, -0.15) is 13.2 Å². The van der Waals surface area contributed by atoms with Gasteiger partial charge < -0.3 is 15.5 Å². The van der Waals surface area contributed by atoms with Crippen LogP contribution in [0.5, 0.6) is 0 Å². The molecule has 0 aliphatic rings. The molecule has 0 fully saturated rings. The molecule has 4 nitrogen and oxygen atoms in total. The Bertz CT molecular complexity index is 201. The van der Waals surface area contributed by atoms with Crippen molar-refractivity contribution in [2.75, 3.05) is 13.2 Å². The van der Waals surface area contributed by atoms with Gasteiger partial charge in [0.05, 0.1) is 18.8 Å². The maximum atomic E-state index is 11.7. The summed E-state index contributed by atoms with van der Waals surface area (Å²) >= 11 is 0. The molecule has 0 heterocycles. The van der Waals surface area contributed by atoms with Crippen molar-refractivity contribution in [3.63, 3.8) is 0 Å². The van der Waals surface area contributed by atoms with Crippen LogP contribution in [0.2, 0.25) is 0 Å². The number of carbonyl (C=O) groups is 1. The molecular weight excluding hydrogens is 203 g/mol. The van der Waals surface area contributed by atoms with Crippen molar-refractivity contribution in [2.45, 2.75) is 25.1 Å². The Hall–Kier alpha value is -0.820. The van der Waals surface area contributed by atoms with E-state index >= 15 is 0 Å². The molecule has 0 rings (SSSR count). The van der Waals surface area contributed by atoms with E-state index < -0.39 is 37.3 Å². The number of nitrogens with one attached hydrogen (secondary N) is 1. The summed E-state index contributed by atoms with van der Waals surface area (Å²) in [5, 5.41) is 19.2. The number of rotatable bonds is 4. The maximum absolute atomic E-state index is 11.7. The van der Waals surface area contributed by atoms with Crippen molar-refractivity contribution < 1.29 is 28.2 Å². The minimum Gasteiger partial charge on any atom is -0.394 e. The van der Waals surface area contributed by atoms with Gasteiger partial charge in [0.25, 0.3) is 0 Å². The number of hydrogen-bond acceptors (Lipinski definition) is 3. The van der Waals surface area contributed by atoms with Crippen molar-refractivity contribution in [2.24, 2.45) is 0 Å². The highest BCUT2D eigenvalue weighted by Crippen LogP contribution is 2.19. The van der Waals surface area contributed by atoms with Gasteiger partial charge in [-0.1, -0.05) is 0 Å². The zero-order chi connectivity index (χ0) is 11.4. The third kappa shape index (κ3) is 5.03. The van der Waals surface area contributed by atoms with E-state index in [-0.39, 0.29) is 0 Å². The second-order valence-electron chi connectivity index (χ2n) is 3.22. The largest absolute Gasteiger partial charge is 0.397 e. The third-order valence-electron chi connectivity index (χ3n) is 1.50. The molecule has 1 amide bonds. The lowest BCUT2D eigenvalue weighted by Crippen LogP contribution is -2.52. The van der Waals surface area contributed by atoms with E-state index in [0.717, 1.165) is 0 Å². The van der Waals surface area contributed by atoms with Gasteiger partial charge in [0.1, 0.15) is 6.42 Å². The van der Waals surface area contributed by atoms with E-state index in [2.05, 4.69) is 0 Å². The smallest absolute Gasteiger partial charge is 0.394 e. The summed E-state index contributed by atoms with van der Waals surface area (Å²) in [4.78, 5) is 10.7. The molecule has 0 aromatic carbocycles. The molecule has 0 saturated heterocycles. The van der Waals surface area contributed by atoms with E-state index in [1.165, 1.54) is 6.92 Å². The van der Waals surface area contributed by atoms with Crippen LogP contribution in [0.1, 0.15) is 13.3 Å². The van der Waals surface area contributed by atoms with Crippen LogP contribution in [0.25, 0.3) is 0 Å². The topological polar surface area (TPSA) is 69.6 Å². The normalized spacial score (nSPS) is 12.7. The Balaban J connectivity index is 4.18. The van der Waals surface area contributed by atoms with Gasteiger partial charge in [-0.3, -0.25) is 4.79 Å². The van der Waals surface area contributed by atoms with Gasteiger partial charge >= 0.3 is 6.18 Å². The number of carbonyl (C=O) groups excluding carboxylic acids is 1. The SMILES string of the molecule is CC(CO)(CO)NC(=O)CC(F)(F)F. The Morgan fingerprint density at radius 3 is 2.00 bits per heavy atom. The highest BCUT2D eigenvalue weighted by molar-refractivity contribution is 5.77. The van der Waals surface area contributed by atoms with Gasteiger partial charge in [-0.15, -0.1) is 0 Å². The summed E-state index contributed by atoms with van der Waals surface area (Å²) in [5.74, 6) is -1.27. The number of halogens is 3. The Morgan fingerprint density at radius 1 is 1.29 bits per heavy atom. The first-order valence-electron chi connectivity index (χ1n) is 3.82. The predicted molar refractivity (Wildman–Crippen MR) is 41.4 cm³/mol. The van der Waals surface area contributed by atoms with Crippen LogP contribution in [0.4, 0.5) is 13.2 Å². The number of aliphatic hydroxyl groups excluding tert-OH is 2. The molecule has 0 atom stereocenters. The van der Waals surface area contributed by atoms with Crippen molar-refractivity contribution in [3.8, 4) is 0 Å². The summed E-state index contributed by atoms with van der Waals surface area (Å²) in [6, 6.07) is 0. The molecule has 84 valence electrons. The highest BCUT2D eigenvalue weighted by atomic mass is 19.4. The first-order valence-corrected chi connectivity index (χ1v) is 3.82. The van der Waals surface area contributed by atoms with Crippen molar-refractivity contribution in [3.05, 3.63) is 0 Å². The van der Waals surface area contributed by atoms with Crippen LogP contribution in [0.15, 0.2) is 0 Å². The number of amides is 1. The van der Waals surface area contributed by atoms with Crippen LogP contribution in [-0.4, -0.2) is 41.0 Å². The van der Waals surface area contributed by atoms with E-state index in [1.807, 2.05) is 5.32 Å². The first kappa shape index (κ1) is 13.2. The Kier molecular flexibility index (Phi) is 4.34. The fraction of sp³-hybridized carbons (Fsp3) is 0.857. The third-order valence-corrected chi connectivity index (χ3v) is 1.50. The number of aliphatic hydroxyl groups is 2. The second-order valence-corrected chi connectivity index (χ2v) is 3.22. The molecular formula is C7H12F3NO3. The minimum atomic E-state index is -4.59. The monoisotopic (exact) mass is 215 g/mol. The summed E-state index contributed by atoms with van der Waals surface area (Å²) in [7, 11) is 0. The standard InChI is InChI=1S/C7H12F3NO3/c1-6(3-12,4-13)11-5(14)2-7(8,9)10/h12-13H,2-4H2,1H3,(H,11,14). The Labute approximate surface area is 78.7 Å². The van der Waals surface area contributed by atoms with Crippen LogP contribution >= 0.6 is 0 Å². The summed E-state index contributed by atoms with van der Waals surface area (Å²) in [6.07, 6.45) is -6.21. The zero-order valence-corrected chi connectivity index (χ0v) is 7.56. The molecule has 3 N–H and O–H groups in total. The van der Waals surface area contributed by atoms with Crippen LogP contribution in [0, 0.1) is 0 Å². The fourth-order valence-corrected chi connectivity index (χ4v) is 0.692. The molecule has 0 radical (unpaired) electrons. The van der Waals surface area contributed by atoms with E-state index in [9.17, 15) is 18.0 Å². The summed E-state index contributed by atoms with van der Waals surface area (Å²) in [6.45, 7) is -0.0263. The molecule has 0 aromatic rings. The molecule has 0 spiro atoms. The number of hydrogen-bond donors (Lipinski definition) is 3. The molecule has 0 bridgehead atoms. The predicted octanol–water partition coefficient (Wildman–Crippen LogP) is -0.202. The first-order chi connectivity index (χ1) is 6.22. The molecule has 0 aliphatic carbocycles. The Morgan fingerprint density at radius 2 is 1.71 bits per heavy atom. The van der Waals surface area contributed by atoms with Crippen molar-refractivity contribution >= 4 is 5.91 Å². The van der Waals surface area contributed by atoms with Crippen LogP contribution in [-0.2, 0) is 4.79 Å². The minimum absolute atomic E-state index is 0.632. The van der Waals surface area contributed by atoms with Crippen LogP contribution in [0.3, 0.4) is 0 Å². The van der Waals surface area contributed by atoms with Crippen LogP contribution < -0.4 is 5.32 Å². The molecule has 0 aliphatic heterocycles. The molecule has 0 aromatic heterocycles. The van der Waals surface area contributed by atoms with E-state index in [1.54, 1.807) is 0 Å². The lowest BCUT2D eigenvalue weighted by Gasteiger charge is -2.26. The van der Waals surface area contributed by atoms with Crippen molar-refractivity contribution in [1.29, 1.82) is 0 Å². The lowest BCUT2D eigenvalue weighted by atomic mass is 10.1. The van der Waals surface area contributed by atoms with Gasteiger partial charge in [0, 0.05) is 0 Å². The van der Waals surface area contributed by atoms with E-state index in [4.69, 9.17) is 10.2 Å². The summed E-state index contributed by atoms with van der Waals surface area (Å²) in [5.41, 5.74) is -1.41. The van der Waals surface area contributed by atoms with Gasteiger partial charge in [0.15, 0.2) is 0 Å². The summed E-state index contributed by atoms with van der Waals surface area (Å²) < 4.78 is 35.1. The highest BCUT2D eigenvalue weighted by Gasteiger charge is 2.34. The molecule has 14 heavy (non-hydrogen) atoms. The second kappa shape index (κ2) is 4.61. The van der Waals surface area contributed by atoms with Gasteiger partial charge in [-0.05, 0) is 6.92 Å². The molecule has 7 heteroatoms. The quantitative estimate of drug-likeness (QED) is 0.608. The van der Waals surface area contributed by atoms with Gasteiger partial charge in [-0.25, -0.2) is 0 Å². The lowest BCUT2D eigenvalue weighted by molar-refractivity contribution is -0.155.